The number of nitrogens with two attached hydrogens (primary N) is 1. The number of ether oxygens (including phenoxy) is 1. The van der Waals surface area contributed by atoms with Gasteiger partial charge in [-0.1, -0.05) is 125 Å². The Balaban J connectivity index is 1.85. The van der Waals surface area contributed by atoms with Crippen molar-refractivity contribution in [2.24, 2.45) is 64.9 Å². The number of Topliss-reactive ketones (excluding diaryl/α,β-unsaturated/α-hetero) is 4. The first-order valence-corrected chi connectivity index (χ1v) is 31.3. The van der Waals surface area contributed by atoms with E-state index in [0.29, 0.717) is 38.5 Å². The summed E-state index contributed by atoms with van der Waals surface area (Å²) in [6, 6.07) is 2.80. The molecule has 0 aromatic heterocycles. The quantitative estimate of drug-likeness (QED) is 0.0434. The number of aliphatic hydroxyl groups is 2. The molecule has 18 atom stereocenters. The summed E-state index contributed by atoms with van der Waals surface area (Å²) in [6.07, 6.45) is -3.05. The average molecular weight is 1230 g/mol. The van der Waals surface area contributed by atoms with E-state index in [1.807, 2.05) is 44.2 Å². The molecule has 87 heavy (non-hydrogen) atoms. The van der Waals surface area contributed by atoms with Crippen LogP contribution in [0.1, 0.15) is 172 Å². The third-order valence-electron chi connectivity index (χ3n) is 18.0. The highest BCUT2D eigenvalue weighted by atomic mass is 19.1. The predicted octanol–water partition coefficient (Wildman–Crippen LogP) is 4.00. The van der Waals surface area contributed by atoms with Crippen molar-refractivity contribution < 1.29 is 76.9 Å². The van der Waals surface area contributed by atoms with E-state index in [9.17, 15) is 72.1 Å². The van der Waals surface area contributed by atoms with Crippen LogP contribution in [0.4, 0.5) is 4.39 Å². The van der Waals surface area contributed by atoms with Crippen molar-refractivity contribution in [2.45, 2.75) is 221 Å². The molecule has 22 nitrogen and oxygen atoms in total. The Morgan fingerprint density at radius 2 is 1.24 bits per heavy atom. The van der Waals surface area contributed by atoms with Crippen molar-refractivity contribution in [1.82, 2.24) is 31.9 Å². The van der Waals surface area contributed by atoms with Crippen molar-refractivity contribution in [2.75, 3.05) is 13.2 Å². The minimum atomic E-state index is -1.62. The highest BCUT2D eigenvalue weighted by Gasteiger charge is 2.62. The third kappa shape index (κ3) is 21.7. The van der Waals surface area contributed by atoms with Crippen LogP contribution in [-0.2, 0) is 68.7 Å². The molecule has 1 unspecified atom stereocenters. The number of hydrogen-bond donors (Lipinski definition) is 9. The van der Waals surface area contributed by atoms with Gasteiger partial charge in [0.05, 0.1) is 49.3 Å². The van der Waals surface area contributed by atoms with E-state index < -0.39 is 205 Å². The van der Waals surface area contributed by atoms with Gasteiger partial charge in [-0.15, -0.1) is 0 Å². The summed E-state index contributed by atoms with van der Waals surface area (Å²) >= 11 is 0. The van der Waals surface area contributed by atoms with Crippen LogP contribution in [0.25, 0.3) is 0 Å². The SMILES string of the molecule is CC[C@H](Cc1ccccc1)C(=O)N[C@H](C(=O)C[C@@H](CO)C(=O)N[C@H](CCC(N)=O)C(=O)C[C@@H](C(=O)N[C@H](C(=O)C[C@@H](CO)C(=O)N[C@H]1C(=O)C[C@@H](C)C(=O)N[C@]2(C[C@@H]2CC(C)F)C(=O)N[C@@H]([C@@H](C)CC)C(=O)O[C@H]1C)[C@@H](C)CC)[C@@H](C)CC)[C@@H](C)CC. The molecule has 1 saturated heterocycles. The van der Waals surface area contributed by atoms with Gasteiger partial charge >= 0.3 is 5.97 Å². The van der Waals surface area contributed by atoms with Gasteiger partial charge in [-0.05, 0) is 81.1 Å². The summed E-state index contributed by atoms with van der Waals surface area (Å²) in [5.74, 6) is -16.9. The van der Waals surface area contributed by atoms with Crippen LogP contribution in [0, 0.1) is 59.2 Å². The van der Waals surface area contributed by atoms with Crippen LogP contribution in [0.15, 0.2) is 30.3 Å². The Labute approximate surface area is 512 Å². The van der Waals surface area contributed by atoms with Crippen molar-refractivity contribution >= 4 is 70.5 Å². The summed E-state index contributed by atoms with van der Waals surface area (Å²) in [7, 11) is 0. The second-order valence-electron chi connectivity index (χ2n) is 24.8. The smallest absolute Gasteiger partial charge is 0.329 e. The number of carbonyl (C=O) groups excluding carboxylic acids is 12. The number of cyclic esters (lactones) is 1. The van der Waals surface area contributed by atoms with E-state index in [0.717, 1.165) is 5.56 Å². The Morgan fingerprint density at radius 3 is 1.75 bits per heavy atom. The lowest BCUT2D eigenvalue weighted by molar-refractivity contribution is -0.157. The lowest BCUT2D eigenvalue weighted by atomic mass is 9.83. The molecule has 488 valence electrons. The first-order chi connectivity index (χ1) is 41.0. The first-order valence-electron chi connectivity index (χ1n) is 31.3. The number of aliphatic hydroxyl groups excluding tert-OH is 2. The van der Waals surface area contributed by atoms with Gasteiger partial charge in [0.15, 0.2) is 23.1 Å². The van der Waals surface area contributed by atoms with Crippen LogP contribution in [-0.4, -0.2) is 142 Å². The van der Waals surface area contributed by atoms with Gasteiger partial charge in [0, 0.05) is 49.9 Å². The van der Waals surface area contributed by atoms with Crippen LogP contribution in [0.2, 0.25) is 0 Å². The number of esters is 1. The fourth-order valence-electron chi connectivity index (χ4n) is 11.1. The van der Waals surface area contributed by atoms with Crippen LogP contribution in [0.5, 0.6) is 0 Å². The molecule has 0 bridgehead atoms. The summed E-state index contributed by atoms with van der Waals surface area (Å²) in [5, 5.41) is 37.4. The first kappa shape index (κ1) is 74.8. The van der Waals surface area contributed by atoms with Crippen LogP contribution < -0.4 is 37.6 Å². The number of amides is 7. The van der Waals surface area contributed by atoms with Gasteiger partial charge in [-0.25, -0.2) is 9.18 Å². The number of alkyl halides is 1. The maximum atomic E-state index is 14.5. The lowest BCUT2D eigenvalue weighted by Gasteiger charge is -2.30. The molecule has 1 aromatic carbocycles. The fraction of sp³-hybridized carbons (Fsp3) is 0.719. The molecular formula is C64H100FN7O15. The lowest BCUT2D eigenvalue weighted by Crippen LogP contribution is -2.57. The maximum Gasteiger partial charge on any atom is 0.329 e. The molecule has 1 heterocycles. The van der Waals surface area contributed by atoms with Gasteiger partial charge in [0.2, 0.25) is 41.4 Å². The van der Waals surface area contributed by atoms with Gasteiger partial charge in [0.25, 0.3) is 0 Å². The van der Waals surface area contributed by atoms with Gasteiger partial charge in [-0.3, -0.25) is 52.7 Å². The molecule has 1 aromatic rings. The van der Waals surface area contributed by atoms with E-state index in [1.54, 1.807) is 48.5 Å². The summed E-state index contributed by atoms with van der Waals surface area (Å²) < 4.78 is 20.0. The largest absolute Gasteiger partial charge is 0.458 e. The van der Waals surface area contributed by atoms with E-state index in [1.165, 1.54) is 20.8 Å². The zero-order valence-corrected chi connectivity index (χ0v) is 53.2. The molecule has 1 aliphatic heterocycles. The zero-order chi connectivity index (χ0) is 65.6. The van der Waals surface area contributed by atoms with Crippen molar-refractivity contribution in [3.63, 3.8) is 0 Å². The molecule has 1 spiro atoms. The maximum absolute atomic E-state index is 14.5. The Kier molecular flexibility index (Phi) is 30.5. The topological polar surface area (TPSA) is 353 Å². The molecule has 2 fully saturated rings. The summed E-state index contributed by atoms with van der Waals surface area (Å²) in [5.41, 5.74) is 4.90. The molecule has 7 amide bonds. The van der Waals surface area contributed by atoms with E-state index >= 15 is 0 Å². The normalized spacial score (nSPS) is 24.1. The fourth-order valence-corrected chi connectivity index (χ4v) is 11.1. The van der Waals surface area contributed by atoms with E-state index in [4.69, 9.17) is 10.5 Å². The Hall–Kier alpha value is -6.49. The molecule has 1 saturated carbocycles. The minimum absolute atomic E-state index is 0.0466. The van der Waals surface area contributed by atoms with Crippen LogP contribution in [0.3, 0.4) is 0 Å². The molecule has 2 aliphatic rings. The Morgan fingerprint density at radius 1 is 0.701 bits per heavy atom. The number of carbonyl (C=O) groups is 12. The number of ketones is 4. The van der Waals surface area contributed by atoms with Gasteiger partial charge < -0.3 is 52.6 Å². The zero-order valence-electron chi connectivity index (χ0n) is 53.2. The highest BCUT2D eigenvalue weighted by molar-refractivity contribution is 6.01. The molecule has 0 radical (unpaired) electrons. The van der Waals surface area contributed by atoms with E-state index in [2.05, 4.69) is 31.9 Å². The molecule has 10 N–H and O–H groups in total. The number of halogens is 1. The third-order valence-corrected chi connectivity index (χ3v) is 18.0. The second-order valence-corrected chi connectivity index (χ2v) is 24.8. The van der Waals surface area contributed by atoms with Crippen molar-refractivity contribution in [1.29, 1.82) is 0 Å². The molecule has 23 heteroatoms. The molecule has 3 rings (SSSR count). The monoisotopic (exact) mass is 1230 g/mol. The van der Waals surface area contributed by atoms with Crippen molar-refractivity contribution in [3.05, 3.63) is 35.9 Å². The average Bonchev–Trinajstić information content (AvgIpc) is 1.74. The number of nitrogens with one attached hydrogen (secondary N) is 6. The van der Waals surface area contributed by atoms with Crippen LogP contribution >= 0.6 is 0 Å². The second kappa shape index (κ2) is 35.5. The van der Waals surface area contributed by atoms with Gasteiger partial charge in [-0.2, -0.15) is 0 Å². The Bertz CT molecular complexity index is 2550. The summed E-state index contributed by atoms with van der Waals surface area (Å²) in [6.45, 7) is 18.2. The number of rotatable bonds is 35. The number of benzene rings is 1. The summed E-state index contributed by atoms with van der Waals surface area (Å²) in [4.78, 5) is 167. The predicted molar refractivity (Wildman–Crippen MR) is 322 cm³/mol. The van der Waals surface area contributed by atoms with Crippen molar-refractivity contribution in [3.8, 4) is 0 Å². The van der Waals surface area contributed by atoms with Gasteiger partial charge in [0.1, 0.15) is 23.7 Å². The minimum Gasteiger partial charge on any atom is -0.458 e. The number of hydrogen-bond acceptors (Lipinski definition) is 15. The standard InChI is InChI=1S/C64H100FN7O15/c1-13-34(6)46(30-48(75)47(23-24-52(66)79)67-59(82)43(32-73)28-50(77)53(35(7)14-2)68-58(81)42(17-5)27-41-21-19-18-20-22-41)61(84)69-54(36(8)15-3)51(78)29-44(33-74)60(83)70-56-40(12)87-62(85)55(37(9)16-4)71-63(86)64(31-45(64)26-39(11)65)72-57(80)38(10)25-49(56)76/h18-22,34-40,42-47,53-56,73-74H,13-17,23-33H2,1-12H3,(H2,66,79)(H,67,82)(H,68,81)(H,69,84)(H,70,83)(H,71,86)(H,72,80)/t34-,35-,36-,37-,38+,39?,40-,42+,43-,44-,45-,46+,47+,53-,54-,55-,56+,64-/m0/s1. The van der Waals surface area contributed by atoms with E-state index in [-0.39, 0.29) is 37.5 Å². The highest BCUT2D eigenvalue weighted by Crippen LogP contribution is 2.48. The number of primary amides is 1. The molecular weight excluding hydrogens is 1130 g/mol. The molecule has 1 aliphatic carbocycles.